The van der Waals surface area contributed by atoms with Crippen LogP contribution in [0.4, 0.5) is 0 Å². The standard InChI is InChI=1S/C19H21ClN4O2S/c1-14-22-19(24-23-14)17-6-2-4-16(12-17)13-21-27(25,26)18-9-7-15(8-10-18)5-3-11-20/h2,4,6-10,12,21H,3,5,11,13H2,1H3,(H,22,23,24). The number of aromatic nitrogens is 3. The van der Waals surface area contributed by atoms with Crippen molar-refractivity contribution in [3.05, 3.63) is 65.5 Å². The fraction of sp³-hybridized carbons (Fsp3) is 0.263. The van der Waals surface area contributed by atoms with Crippen molar-refractivity contribution in [1.82, 2.24) is 19.9 Å². The van der Waals surface area contributed by atoms with Gasteiger partial charge in [-0.25, -0.2) is 18.1 Å². The van der Waals surface area contributed by atoms with Crippen LogP contribution in [-0.4, -0.2) is 29.5 Å². The molecule has 0 atom stereocenters. The van der Waals surface area contributed by atoms with Crippen molar-refractivity contribution in [2.75, 3.05) is 5.88 Å². The number of halogens is 1. The van der Waals surface area contributed by atoms with E-state index in [4.69, 9.17) is 11.6 Å². The molecular formula is C19H21ClN4O2S. The van der Waals surface area contributed by atoms with E-state index >= 15 is 0 Å². The van der Waals surface area contributed by atoms with Gasteiger partial charge in [0.15, 0.2) is 5.82 Å². The molecule has 1 aromatic heterocycles. The maximum atomic E-state index is 12.5. The Hall–Kier alpha value is -2.22. The predicted octanol–water partition coefficient (Wildman–Crippen LogP) is 3.43. The predicted molar refractivity (Wildman–Crippen MR) is 106 cm³/mol. The van der Waals surface area contributed by atoms with Crippen molar-refractivity contribution in [2.45, 2.75) is 31.2 Å². The number of nitrogens with one attached hydrogen (secondary N) is 2. The molecule has 0 fully saturated rings. The molecule has 3 rings (SSSR count). The van der Waals surface area contributed by atoms with Crippen molar-refractivity contribution in [3.8, 4) is 11.4 Å². The number of nitrogens with zero attached hydrogens (tertiary/aromatic N) is 2. The van der Waals surface area contributed by atoms with Crippen molar-refractivity contribution in [1.29, 1.82) is 0 Å². The lowest BCUT2D eigenvalue weighted by Crippen LogP contribution is -2.23. The summed E-state index contributed by atoms with van der Waals surface area (Å²) in [6, 6.07) is 14.4. The van der Waals surface area contributed by atoms with E-state index < -0.39 is 10.0 Å². The van der Waals surface area contributed by atoms with Crippen molar-refractivity contribution < 1.29 is 8.42 Å². The molecule has 0 aliphatic carbocycles. The summed E-state index contributed by atoms with van der Waals surface area (Å²) in [6.07, 6.45) is 1.71. The summed E-state index contributed by atoms with van der Waals surface area (Å²) in [6.45, 7) is 2.02. The molecule has 0 radical (unpaired) electrons. The van der Waals surface area contributed by atoms with Crippen molar-refractivity contribution in [3.63, 3.8) is 0 Å². The monoisotopic (exact) mass is 404 g/mol. The van der Waals surface area contributed by atoms with Crippen LogP contribution in [-0.2, 0) is 23.0 Å². The molecule has 142 valence electrons. The van der Waals surface area contributed by atoms with E-state index in [1.165, 1.54) is 0 Å². The van der Waals surface area contributed by atoms with Gasteiger partial charge in [-0.3, -0.25) is 5.10 Å². The largest absolute Gasteiger partial charge is 0.263 e. The third-order valence-corrected chi connectivity index (χ3v) is 5.77. The van der Waals surface area contributed by atoms with E-state index in [9.17, 15) is 8.42 Å². The van der Waals surface area contributed by atoms with Crippen LogP contribution in [0.5, 0.6) is 0 Å². The molecule has 0 saturated carbocycles. The summed E-state index contributed by atoms with van der Waals surface area (Å²) in [5.74, 6) is 1.91. The van der Waals surface area contributed by atoms with E-state index in [1.54, 1.807) is 12.1 Å². The third kappa shape index (κ3) is 5.15. The first kappa shape index (κ1) is 19.5. The average Bonchev–Trinajstić information content (AvgIpc) is 3.12. The van der Waals surface area contributed by atoms with Crippen LogP contribution in [0.3, 0.4) is 0 Å². The summed E-state index contributed by atoms with van der Waals surface area (Å²) in [4.78, 5) is 4.54. The van der Waals surface area contributed by atoms with Gasteiger partial charge < -0.3 is 0 Å². The Morgan fingerprint density at radius 1 is 1.11 bits per heavy atom. The fourth-order valence-corrected chi connectivity index (χ4v) is 3.81. The highest BCUT2D eigenvalue weighted by atomic mass is 35.5. The summed E-state index contributed by atoms with van der Waals surface area (Å²) in [7, 11) is -3.58. The van der Waals surface area contributed by atoms with E-state index in [0.29, 0.717) is 11.7 Å². The summed E-state index contributed by atoms with van der Waals surface area (Å²) >= 11 is 5.69. The maximum absolute atomic E-state index is 12.5. The van der Waals surface area contributed by atoms with Crippen LogP contribution in [0, 0.1) is 6.92 Å². The molecule has 2 aromatic carbocycles. The third-order valence-electron chi connectivity index (χ3n) is 4.08. The topological polar surface area (TPSA) is 87.7 Å². The SMILES string of the molecule is Cc1nc(-c2cccc(CNS(=O)(=O)c3ccc(CCCCl)cc3)c2)n[nH]1. The van der Waals surface area contributed by atoms with Gasteiger partial charge in [-0.1, -0.05) is 30.3 Å². The number of aryl methyl sites for hydroxylation is 2. The molecule has 2 N–H and O–H groups in total. The number of sulfonamides is 1. The summed E-state index contributed by atoms with van der Waals surface area (Å²) < 4.78 is 27.7. The number of alkyl halides is 1. The molecular weight excluding hydrogens is 384 g/mol. The second-order valence-corrected chi connectivity index (χ2v) is 8.35. The van der Waals surface area contributed by atoms with Gasteiger partial charge in [-0.2, -0.15) is 5.10 Å². The molecule has 0 aliphatic rings. The van der Waals surface area contributed by atoms with Crippen molar-refractivity contribution in [2.24, 2.45) is 0 Å². The number of benzene rings is 2. The van der Waals surface area contributed by atoms with Crippen molar-refractivity contribution >= 4 is 21.6 Å². The Morgan fingerprint density at radius 2 is 1.89 bits per heavy atom. The molecule has 0 saturated heterocycles. The molecule has 0 aliphatic heterocycles. The van der Waals surface area contributed by atoms with Gasteiger partial charge in [-0.05, 0) is 49.1 Å². The highest BCUT2D eigenvalue weighted by Crippen LogP contribution is 2.17. The zero-order chi connectivity index (χ0) is 19.3. The minimum Gasteiger partial charge on any atom is -0.263 e. The van der Waals surface area contributed by atoms with E-state index in [1.807, 2.05) is 43.3 Å². The molecule has 1 heterocycles. The number of aromatic amines is 1. The van der Waals surface area contributed by atoms with Crippen LogP contribution in [0.15, 0.2) is 53.4 Å². The van der Waals surface area contributed by atoms with Gasteiger partial charge in [0, 0.05) is 18.0 Å². The first-order chi connectivity index (χ1) is 13.0. The zero-order valence-electron chi connectivity index (χ0n) is 14.9. The second-order valence-electron chi connectivity index (χ2n) is 6.21. The normalized spacial score (nSPS) is 11.6. The number of H-pyrrole nitrogens is 1. The van der Waals surface area contributed by atoms with Crippen LogP contribution in [0.2, 0.25) is 0 Å². The van der Waals surface area contributed by atoms with E-state index in [2.05, 4.69) is 19.9 Å². The Bertz CT molecular complexity index is 1000. The molecule has 3 aromatic rings. The highest BCUT2D eigenvalue weighted by Gasteiger charge is 2.14. The Balaban J connectivity index is 1.68. The number of hydrogen-bond acceptors (Lipinski definition) is 4. The minimum absolute atomic E-state index is 0.188. The summed E-state index contributed by atoms with van der Waals surface area (Å²) in [5, 5.41) is 6.93. The molecule has 0 unspecified atom stereocenters. The first-order valence-electron chi connectivity index (χ1n) is 8.61. The molecule has 0 bridgehead atoms. The Labute approximate surface area is 164 Å². The molecule has 27 heavy (non-hydrogen) atoms. The van der Waals surface area contributed by atoms with Crippen LogP contribution >= 0.6 is 11.6 Å². The van der Waals surface area contributed by atoms with Crippen LogP contribution in [0.25, 0.3) is 11.4 Å². The first-order valence-corrected chi connectivity index (χ1v) is 10.6. The van der Waals surface area contributed by atoms with Gasteiger partial charge in [0.2, 0.25) is 10.0 Å². The molecule has 6 nitrogen and oxygen atoms in total. The lowest BCUT2D eigenvalue weighted by molar-refractivity contribution is 0.581. The van der Waals surface area contributed by atoms with Crippen LogP contribution < -0.4 is 4.72 Å². The van der Waals surface area contributed by atoms with E-state index in [0.717, 1.165) is 35.4 Å². The quantitative estimate of drug-likeness (QED) is 0.563. The smallest absolute Gasteiger partial charge is 0.240 e. The van der Waals surface area contributed by atoms with Gasteiger partial charge in [-0.15, -0.1) is 11.6 Å². The van der Waals surface area contributed by atoms with Gasteiger partial charge in [0.25, 0.3) is 0 Å². The second kappa shape index (κ2) is 8.65. The van der Waals surface area contributed by atoms with Gasteiger partial charge >= 0.3 is 0 Å². The number of rotatable bonds is 8. The lowest BCUT2D eigenvalue weighted by Gasteiger charge is -2.08. The zero-order valence-corrected chi connectivity index (χ0v) is 16.5. The highest BCUT2D eigenvalue weighted by molar-refractivity contribution is 7.89. The molecule has 0 spiro atoms. The lowest BCUT2D eigenvalue weighted by atomic mass is 10.1. The Morgan fingerprint density at radius 3 is 2.56 bits per heavy atom. The van der Waals surface area contributed by atoms with Gasteiger partial charge in [0.05, 0.1) is 4.90 Å². The maximum Gasteiger partial charge on any atom is 0.240 e. The molecule has 0 amide bonds. The average molecular weight is 405 g/mol. The van der Waals surface area contributed by atoms with Gasteiger partial charge in [0.1, 0.15) is 5.82 Å². The van der Waals surface area contributed by atoms with Crippen LogP contribution in [0.1, 0.15) is 23.4 Å². The minimum atomic E-state index is -3.58. The summed E-state index contributed by atoms with van der Waals surface area (Å²) in [5.41, 5.74) is 2.74. The number of hydrogen-bond donors (Lipinski definition) is 2. The fourth-order valence-electron chi connectivity index (χ4n) is 2.66. The molecule has 8 heteroatoms. The Kier molecular flexibility index (Phi) is 6.26. The van der Waals surface area contributed by atoms with E-state index in [-0.39, 0.29) is 11.4 Å².